The van der Waals surface area contributed by atoms with Crippen LogP contribution < -0.4 is 0 Å². The third-order valence-corrected chi connectivity index (χ3v) is 5.49. The fourth-order valence-corrected chi connectivity index (χ4v) is 3.75. The molecule has 7 heteroatoms. The lowest BCUT2D eigenvalue weighted by molar-refractivity contribution is -0.137. The number of hydrogen-bond donors (Lipinski definition) is 0. The minimum absolute atomic E-state index is 0.585. The highest BCUT2D eigenvalue weighted by Gasteiger charge is 2.30. The summed E-state index contributed by atoms with van der Waals surface area (Å²) < 4.78 is 38.0. The Morgan fingerprint density at radius 2 is 1.55 bits per heavy atom. The van der Waals surface area contributed by atoms with E-state index in [-0.39, 0.29) is 0 Å². The minimum Gasteiger partial charge on any atom is -0.351 e. The summed E-state index contributed by atoms with van der Waals surface area (Å²) in [7, 11) is 3.38. The summed E-state index contributed by atoms with van der Waals surface area (Å²) in [6.07, 6.45) is 3.60. The van der Waals surface area contributed by atoms with Gasteiger partial charge >= 0.3 is 6.18 Å². The highest BCUT2D eigenvalue weighted by Crippen LogP contribution is 2.32. The second kappa shape index (κ2) is 14.7. The van der Waals surface area contributed by atoms with Crippen LogP contribution in [0, 0.1) is 0 Å². The maximum absolute atomic E-state index is 12.7. The quantitative estimate of drug-likeness (QED) is 0.221. The summed E-state index contributed by atoms with van der Waals surface area (Å²) in [6, 6.07) is 13.2. The van der Waals surface area contributed by atoms with Crippen molar-refractivity contribution in [1.29, 1.82) is 0 Å². The zero-order chi connectivity index (χ0) is 23.1. The third kappa shape index (κ3) is 11.6. The number of carbonyl (C=O) groups excluding carboxylic acids is 2. The number of hydrogen-bond acceptors (Lipinski definition) is 3. The maximum Gasteiger partial charge on any atom is 0.416 e. The first-order valence-electron chi connectivity index (χ1n) is 10.2. The molecule has 0 heterocycles. The van der Waals surface area contributed by atoms with Gasteiger partial charge < -0.3 is 4.90 Å². The molecule has 170 valence electrons. The predicted octanol–water partition coefficient (Wildman–Crippen LogP) is 6.51. The van der Waals surface area contributed by atoms with E-state index in [4.69, 9.17) is 0 Å². The van der Waals surface area contributed by atoms with Crippen molar-refractivity contribution in [3.63, 3.8) is 0 Å². The molecule has 3 nitrogen and oxygen atoms in total. The van der Waals surface area contributed by atoms with Crippen LogP contribution in [0.4, 0.5) is 13.2 Å². The van der Waals surface area contributed by atoms with Gasteiger partial charge in [0.1, 0.15) is 6.29 Å². The van der Waals surface area contributed by atoms with Crippen LogP contribution in [-0.4, -0.2) is 37.4 Å². The number of benzene rings is 2. The lowest BCUT2D eigenvalue weighted by atomic mass is 10.0. The molecule has 31 heavy (non-hydrogen) atoms. The Hall–Kier alpha value is -2.28. The van der Waals surface area contributed by atoms with Gasteiger partial charge in [0.05, 0.1) is 5.56 Å². The first-order valence-corrected chi connectivity index (χ1v) is 11.2. The molecule has 0 fully saturated rings. The van der Waals surface area contributed by atoms with Crippen LogP contribution in [0.5, 0.6) is 0 Å². The number of carbonyl (C=O) groups is 2. The zero-order valence-electron chi connectivity index (χ0n) is 18.0. The van der Waals surface area contributed by atoms with Gasteiger partial charge in [-0.25, -0.2) is 0 Å². The third-order valence-electron chi connectivity index (χ3n) is 4.41. The van der Waals surface area contributed by atoms with E-state index in [1.807, 2.05) is 24.3 Å². The number of halogens is 3. The molecule has 0 bridgehead atoms. The number of aryl methyl sites for hydroxylation is 1. The van der Waals surface area contributed by atoms with Crippen LogP contribution >= 0.6 is 11.8 Å². The largest absolute Gasteiger partial charge is 0.416 e. The fourth-order valence-electron chi connectivity index (χ4n) is 2.78. The normalized spacial score (nSPS) is 10.7. The molecule has 2 aromatic rings. The number of unbranched alkanes of at least 4 members (excludes halogenated alkanes) is 4. The molecule has 0 aliphatic carbocycles. The first-order chi connectivity index (χ1) is 14.8. The van der Waals surface area contributed by atoms with E-state index >= 15 is 0 Å². The van der Waals surface area contributed by atoms with Crippen molar-refractivity contribution in [1.82, 2.24) is 4.90 Å². The van der Waals surface area contributed by atoms with Crippen molar-refractivity contribution in [2.45, 2.75) is 49.6 Å². The molecule has 1 amide bonds. The maximum atomic E-state index is 12.7. The Kier molecular flexibility index (Phi) is 12.7. The number of alkyl halides is 3. The first kappa shape index (κ1) is 26.8. The second-order valence-electron chi connectivity index (χ2n) is 7.28. The van der Waals surface area contributed by atoms with E-state index in [1.54, 1.807) is 20.2 Å². The number of thioether (sulfide) groups is 1. The van der Waals surface area contributed by atoms with E-state index < -0.39 is 11.7 Å². The highest BCUT2D eigenvalue weighted by atomic mass is 32.2. The standard InChI is InChI=1S/C21H23F3OS.C3H7NO/c22-21(23,24)19-12-8-13-20(15-19)26-14-7-3-1-2-4-9-17-10-5-6-11-18(17)16-25;1-4(2)3-5/h5-6,8,10-13,15-16H,1-4,7,9,14H2;3H,1-2H3. The Morgan fingerprint density at radius 3 is 2.19 bits per heavy atom. The average Bonchev–Trinajstić information content (AvgIpc) is 2.76. The average molecular weight is 454 g/mol. The fraction of sp³-hybridized carbons (Fsp3) is 0.417. The van der Waals surface area contributed by atoms with Gasteiger partial charge in [-0.3, -0.25) is 9.59 Å². The van der Waals surface area contributed by atoms with E-state index in [0.29, 0.717) is 4.90 Å². The number of rotatable bonds is 11. The Bertz CT molecular complexity index is 794. The van der Waals surface area contributed by atoms with Crippen LogP contribution in [0.2, 0.25) is 0 Å². The van der Waals surface area contributed by atoms with E-state index in [2.05, 4.69) is 0 Å². The lowest BCUT2D eigenvalue weighted by Crippen LogP contribution is -2.06. The van der Waals surface area contributed by atoms with E-state index in [0.717, 1.165) is 74.2 Å². The summed E-state index contributed by atoms with van der Waals surface area (Å²) in [5.41, 5.74) is 1.28. The summed E-state index contributed by atoms with van der Waals surface area (Å²) >= 11 is 1.48. The summed E-state index contributed by atoms with van der Waals surface area (Å²) in [4.78, 5) is 22.5. The van der Waals surface area contributed by atoms with Crippen LogP contribution in [0.3, 0.4) is 0 Å². The molecule has 2 aromatic carbocycles. The number of nitrogens with zero attached hydrogens (tertiary/aromatic N) is 1. The van der Waals surface area contributed by atoms with Gasteiger partial charge in [0.2, 0.25) is 6.41 Å². The van der Waals surface area contributed by atoms with Gasteiger partial charge in [-0.2, -0.15) is 13.2 Å². The molecule has 0 N–H and O–H groups in total. The van der Waals surface area contributed by atoms with Crippen molar-refractivity contribution < 1.29 is 22.8 Å². The summed E-state index contributed by atoms with van der Waals surface area (Å²) in [6.45, 7) is 0. The number of aldehydes is 1. The smallest absolute Gasteiger partial charge is 0.351 e. The van der Waals surface area contributed by atoms with Crippen molar-refractivity contribution in [3.05, 3.63) is 65.2 Å². The molecule has 2 rings (SSSR count). The van der Waals surface area contributed by atoms with Gasteiger partial charge in [-0.1, -0.05) is 49.6 Å². The van der Waals surface area contributed by atoms with Crippen molar-refractivity contribution >= 4 is 24.5 Å². The molecule has 0 aliphatic heterocycles. The molecule has 0 atom stereocenters. The molecular formula is C24H30F3NO2S. The van der Waals surface area contributed by atoms with Crippen LogP contribution in [0.15, 0.2) is 53.4 Å². The van der Waals surface area contributed by atoms with Gasteiger partial charge in [-0.15, -0.1) is 11.8 Å². The van der Waals surface area contributed by atoms with Gasteiger partial charge in [-0.05, 0) is 48.8 Å². The molecule has 0 radical (unpaired) electrons. The Balaban J connectivity index is 0.000000861. The summed E-state index contributed by atoms with van der Waals surface area (Å²) in [5, 5.41) is 0. The molecule has 0 unspecified atom stereocenters. The van der Waals surface area contributed by atoms with Gasteiger partial charge in [0.15, 0.2) is 0 Å². The van der Waals surface area contributed by atoms with Gasteiger partial charge in [0.25, 0.3) is 0 Å². The SMILES string of the molecule is CN(C)C=O.O=Cc1ccccc1CCCCCCCSc1cccc(C(F)(F)F)c1. The van der Waals surface area contributed by atoms with Crippen LogP contribution in [-0.2, 0) is 17.4 Å². The highest BCUT2D eigenvalue weighted by molar-refractivity contribution is 7.99. The molecule has 0 aliphatic rings. The van der Waals surface area contributed by atoms with Gasteiger partial charge in [0, 0.05) is 24.6 Å². The second-order valence-corrected chi connectivity index (χ2v) is 8.45. The topological polar surface area (TPSA) is 37.4 Å². The Morgan fingerprint density at radius 1 is 0.903 bits per heavy atom. The minimum atomic E-state index is -4.28. The Labute approximate surface area is 187 Å². The lowest BCUT2D eigenvalue weighted by Gasteiger charge is -2.08. The molecule has 0 saturated carbocycles. The molecule has 0 saturated heterocycles. The van der Waals surface area contributed by atoms with E-state index in [1.165, 1.54) is 28.8 Å². The van der Waals surface area contributed by atoms with Crippen molar-refractivity contribution in [2.75, 3.05) is 19.8 Å². The molecule has 0 aromatic heterocycles. The van der Waals surface area contributed by atoms with Crippen molar-refractivity contribution in [3.8, 4) is 0 Å². The van der Waals surface area contributed by atoms with E-state index in [9.17, 15) is 22.8 Å². The van der Waals surface area contributed by atoms with Crippen LogP contribution in [0.25, 0.3) is 0 Å². The number of amides is 1. The molecule has 0 spiro atoms. The molecular weight excluding hydrogens is 423 g/mol. The van der Waals surface area contributed by atoms with Crippen LogP contribution in [0.1, 0.15) is 53.6 Å². The monoisotopic (exact) mass is 453 g/mol. The predicted molar refractivity (Wildman–Crippen MR) is 121 cm³/mol. The zero-order valence-corrected chi connectivity index (χ0v) is 18.8. The summed E-state index contributed by atoms with van der Waals surface area (Å²) in [5.74, 6) is 0.829. The van der Waals surface area contributed by atoms with Crippen molar-refractivity contribution in [2.24, 2.45) is 0 Å².